The summed E-state index contributed by atoms with van der Waals surface area (Å²) < 4.78 is 0. The van der Waals surface area contributed by atoms with Gasteiger partial charge in [0.2, 0.25) is 11.8 Å². The van der Waals surface area contributed by atoms with Gasteiger partial charge in [0.25, 0.3) is 0 Å². The molecule has 0 aliphatic carbocycles. The standard InChI is InChI=1S/C19H24N4O4/c1-13(24)23(12-18(26)27)15-4-3-8-22(9-6-15)17(25)10-14-11-21-19-16(14)5-2-7-20-19/h2,5,7,11,15H,3-4,6,8-10,12H2,1H3,(H,20,21)(H,26,27)/t15-/m1/s1. The van der Waals surface area contributed by atoms with Gasteiger partial charge in [0.05, 0.1) is 6.42 Å². The molecule has 8 heteroatoms. The number of carboxylic acid groups (broad SMARTS) is 1. The fraction of sp³-hybridized carbons (Fsp3) is 0.474. The summed E-state index contributed by atoms with van der Waals surface area (Å²) in [5, 5.41) is 9.98. The number of hydrogen-bond acceptors (Lipinski definition) is 4. The second kappa shape index (κ2) is 8.20. The maximum absolute atomic E-state index is 12.8. The number of aromatic amines is 1. The van der Waals surface area contributed by atoms with Gasteiger partial charge in [-0.3, -0.25) is 14.4 Å². The summed E-state index contributed by atoms with van der Waals surface area (Å²) in [6.07, 6.45) is 5.86. The molecule has 0 bridgehead atoms. The van der Waals surface area contributed by atoms with Crippen LogP contribution in [0.2, 0.25) is 0 Å². The second-order valence-electron chi connectivity index (χ2n) is 6.90. The SMILES string of the molecule is CC(=O)N(CC(=O)O)[C@@H]1CCCN(C(=O)Cc2c[nH]c3ncccc23)CC1. The molecule has 8 nitrogen and oxygen atoms in total. The van der Waals surface area contributed by atoms with Gasteiger partial charge in [-0.1, -0.05) is 0 Å². The van der Waals surface area contributed by atoms with E-state index in [0.717, 1.165) is 23.0 Å². The zero-order valence-corrected chi connectivity index (χ0v) is 15.4. The number of nitrogens with one attached hydrogen (secondary N) is 1. The number of H-pyrrole nitrogens is 1. The van der Waals surface area contributed by atoms with Crippen LogP contribution in [0.1, 0.15) is 31.7 Å². The van der Waals surface area contributed by atoms with Crippen LogP contribution in [0.25, 0.3) is 11.0 Å². The highest BCUT2D eigenvalue weighted by atomic mass is 16.4. The van der Waals surface area contributed by atoms with Crippen LogP contribution < -0.4 is 0 Å². The Morgan fingerprint density at radius 1 is 1.33 bits per heavy atom. The van der Waals surface area contributed by atoms with E-state index >= 15 is 0 Å². The fourth-order valence-corrected chi connectivity index (χ4v) is 3.72. The van der Waals surface area contributed by atoms with Crippen LogP contribution in [0.15, 0.2) is 24.5 Å². The number of carbonyl (C=O) groups excluding carboxylic acids is 2. The Labute approximate surface area is 157 Å². The molecule has 3 heterocycles. The molecule has 144 valence electrons. The topological polar surface area (TPSA) is 107 Å². The van der Waals surface area contributed by atoms with Gasteiger partial charge in [-0.25, -0.2) is 4.98 Å². The molecule has 2 amide bonds. The molecular weight excluding hydrogens is 348 g/mol. The first-order valence-electron chi connectivity index (χ1n) is 9.13. The predicted molar refractivity (Wildman–Crippen MR) is 99.0 cm³/mol. The van der Waals surface area contributed by atoms with Crippen LogP contribution >= 0.6 is 0 Å². The van der Waals surface area contributed by atoms with Crippen molar-refractivity contribution in [3.05, 3.63) is 30.1 Å². The highest BCUT2D eigenvalue weighted by Crippen LogP contribution is 2.20. The quantitative estimate of drug-likeness (QED) is 0.825. The second-order valence-corrected chi connectivity index (χ2v) is 6.90. The highest BCUT2D eigenvalue weighted by molar-refractivity contribution is 5.87. The van der Waals surface area contributed by atoms with E-state index in [1.807, 2.05) is 23.2 Å². The van der Waals surface area contributed by atoms with Gasteiger partial charge in [0.1, 0.15) is 12.2 Å². The Morgan fingerprint density at radius 2 is 2.15 bits per heavy atom. The summed E-state index contributed by atoms with van der Waals surface area (Å²) >= 11 is 0. The van der Waals surface area contributed by atoms with Gasteiger partial charge in [0.15, 0.2) is 0 Å². The number of carbonyl (C=O) groups is 3. The van der Waals surface area contributed by atoms with E-state index in [9.17, 15) is 14.4 Å². The van der Waals surface area contributed by atoms with Crippen molar-refractivity contribution in [3.63, 3.8) is 0 Å². The van der Waals surface area contributed by atoms with E-state index in [1.54, 1.807) is 6.20 Å². The predicted octanol–water partition coefficient (Wildman–Crippen LogP) is 1.42. The Morgan fingerprint density at radius 3 is 2.89 bits per heavy atom. The molecule has 0 unspecified atom stereocenters. The number of nitrogens with zero attached hydrogens (tertiary/aromatic N) is 3. The van der Waals surface area contributed by atoms with E-state index in [1.165, 1.54) is 11.8 Å². The molecule has 1 atom stereocenters. The van der Waals surface area contributed by atoms with Crippen LogP contribution in [-0.4, -0.2) is 68.3 Å². The lowest BCUT2D eigenvalue weighted by atomic mass is 10.1. The average Bonchev–Trinajstić information content (AvgIpc) is 2.87. The summed E-state index contributed by atoms with van der Waals surface area (Å²) in [6.45, 7) is 2.24. The lowest BCUT2D eigenvalue weighted by molar-refractivity contribution is -0.145. The minimum absolute atomic E-state index is 0.0352. The van der Waals surface area contributed by atoms with Gasteiger partial charge >= 0.3 is 5.97 Å². The maximum atomic E-state index is 12.8. The number of hydrogen-bond donors (Lipinski definition) is 2. The summed E-state index contributed by atoms with van der Waals surface area (Å²) in [7, 11) is 0. The number of amides is 2. The molecule has 0 spiro atoms. The van der Waals surface area contributed by atoms with Crippen molar-refractivity contribution in [1.82, 2.24) is 19.8 Å². The highest BCUT2D eigenvalue weighted by Gasteiger charge is 2.27. The van der Waals surface area contributed by atoms with E-state index in [0.29, 0.717) is 32.4 Å². The first-order chi connectivity index (χ1) is 13.0. The Kier molecular flexibility index (Phi) is 5.73. The Hall–Kier alpha value is -2.90. The number of likely N-dealkylation sites (tertiary alicyclic amines) is 1. The molecule has 2 N–H and O–H groups in total. The number of fused-ring (bicyclic) bond motifs is 1. The monoisotopic (exact) mass is 372 g/mol. The first kappa shape index (κ1) is 18.9. The van der Waals surface area contributed by atoms with Crippen molar-refractivity contribution in [2.24, 2.45) is 0 Å². The smallest absolute Gasteiger partial charge is 0.323 e. The van der Waals surface area contributed by atoms with Crippen LogP contribution in [0.5, 0.6) is 0 Å². The van der Waals surface area contributed by atoms with Gasteiger partial charge in [-0.2, -0.15) is 0 Å². The molecule has 0 radical (unpaired) electrons. The van der Waals surface area contributed by atoms with Crippen LogP contribution in [0, 0.1) is 0 Å². The van der Waals surface area contributed by atoms with Crippen LogP contribution in [0.3, 0.4) is 0 Å². The van der Waals surface area contributed by atoms with Crippen molar-refractivity contribution < 1.29 is 19.5 Å². The Bertz CT molecular complexity index is 847. The molecule has 2 aromatic rings. The minimum atomic E-state index is -1.02. The van der Waals surface area contributed by atoms with Crippen molar-refractivity contribution >= 4 is 28.8 Å². The number of aromatic nitrogens is 2. The van der Waals surface area contributed by atoms with Gasteiger partial charge < -0.3 is 19.9 Å². The van der Waals surface area contributed by atoms with Gasteiger partial charge in [0, 0.05) is 43.8 Å². The molecule has 27 heavy (non-hydrogen) atoms. The number of pyridine rings is 1. The Balaban J connectivity index is 1.64. The lowest BCUT2D eigenvalue weighted by Crippen LogP contribution is -2.43. The molecule has 2 aromatic heterocycles. The van der Waals surface area contributed by atoms with E-state index < -0.39 is 5.97 Å². The zero-order valence-electron chi connectivity index (χ0n) is 15.4. The van der Waals surface area contributed by atoms with Crippen molar-refractivity contribution in [3.8, 4) is 0 Å². The van der Waals surface area contributed by atoms with Crippen LogP contribution in [0.4, 0.5) is 0 Å². The third-order valence-corrected chi connectivity index (χ3v) is 5.08. The number of aliphatic carboxylic acids is 1. The van der Waals surface area contributed by atoms with E-state index in [2.05, 4.69) is 9.97 Å². The number of rotatable bonds is 5. The molecular formula is C19H24N4O4. The minimum Gasteiger partial charge on any atom is -0.480 e. The summed E-state index contributed by atoms with van der Waals surface area (Å²) in [5.74, 6) is -1.23. The van der Waals surface area contributed by atoms with Crippen LogP contribution in [-0.2, 0) is 20.8 Å². The molecule has 1 aliphatic heterocycles. The van der Waals surface area contributed by atoms with Gasteiger partial charge in [-0.05, 0) is 37.0 Å². The summed E-state index contributed by atoms with van der Waals surface area (Å²) in [4.78, 5) is 46.2. The van der Waals surface area contributed by atoms with E-state index in [-0.39, 0.29) is 24.4 Å². The fourth-order valence-electron chi connectivity index (χ4n) is 3.72. The average molecular weight is 372 g/mol. The largest absolute Gasteiger partial charge is 0.480 e. The van der Waals surface area contributed by atoms with Gasteiger partial charge in [-0.15, -0.1) is 0 Å². The lowest BCUT2D eigenvalue weighted by Gasteiger charge is -2.28. The normalized spacial score (nSPS) is 17.5. The van der Waals surface area contributed by atoms with Crippen molar-refractivity contribution in [2.75, 3.05) is 19.6 Å². The third kappa shape index (κ3) is 4.45. The summed E-state index contributed by atoms with van der Waals surface area (Å²) in [6, 6.07) is 3.64. The number of carboxylic acids is 1. The maximum Gasteiger partial charge on any atom is 0.323 e. The zero-order chi connectivity index (χ0) is 19.4. The summed E-state index contributed by atoms with van der Waals surface area (Å²) in [5.41, 5.74) is 1.68. The van der Waals surface area contributed by atoms with E-state index in [4.69, 9.17) is 5.11 Å². The molecule has 1 saturated heterocycles. The molecule has 1 aliphatic rings. The van der Waals surface area contributed by atoms with Crippen molar-refractivity contribution in [1.29, 1.82) is 0 Å². The molecule has 3 rings (SSSR count). The molecule has 0 aromatic carbocycles. The molecule has 0 saturated carbocycles. The molecule has 1 fully saturated rings. The van der Waals surface area contributed by atoms with Crippen molar-refractivity contribution in [2.45, 2.75) is 38.6 Å². The first-order valence-corrected chi connectivity index (χ1v) is 9.13. The third-order valence-electron chi connectivity index (χ3n) is 5.08.